The lowest BCUT2D eigenvalue weighted by molar-refractivity contribution is 0.341. The molecule has 0 fully saturated rings. The second kappa shape index (κ2) is 7.03. The zero-order valence-electron chi connectivity index (χ0n) is 10.3. The third-order valence-electron chi connectivity index (χ3n) is 2.25. The van der Waals surface area contributed by atoms with Crippen LogP contribution in [0.1, 0.15) is 36.8 Å². The van der Waals surface area contributed by atoms with Crippen molar-refractivity contribution in [2.75, 3.05) is 6.61 Å². The SMILES string of the molecule is C=CCOc1nc(C#N)c(C#N)nc1CCCC. The molecular formula is C13H14N4O. The first-order valence-electron chi connectivity index (χ1n) is 5.71. The summed E-state index contributed by atoms with van der Waals surface area (Å²) in [6, 6.07) is 3.72. The maximum absolute atomic E-state index is 8.91. The van der Waals surface area contributed by atoms with E-state index >= 15 is 0 Å². The molecule has 18 heavy (non-hydrogen) atoms. The molecule has 0 saturated carbocycles. The van der Waals surface area contributed by atoms with Gasteiger partial charge in [0.25, 0.3) is 0 Å². The van der Waals surface area contributed by atoms with Gasteiger partial charge < -0.3 is 4.74 Å². The van der Waals surface area contributed by atoms with Crippen LogP contribution in [0.15, 0.2) is 12.7 Å². The normalized spacial score (nSPS) is 9.28. The maximum Gasteiger partial charge on any atom is 0.237 e. The smallest absolute Gasteiger partial charge is 0.237 e. The van der Waals surface area contributed by atoms with Crippen LogP contribution < -0.4 is 4.74 Å². The second-order valence-electron chi connectivity index (χ2n) is 3.60. The second-order valence-corrected chi connectivity index (χ2v) is 3.60. The monoisotopic (exact) mass is 242 g/mol. The van der Waals surface area contributed by atoms with E-state index in [2.05, 4.69) is 23.5 Å². The van der Waals surface area contributed by atoms with E-state index in [1.165, 1.54) is 0 Å². The lowest BCUT2D eigenvalue weighted by Crippen LogP contribution is -2.07. The Morgan fingerprint density at radius 2 is 1.94 bits per heavy atom. The van der Waals surface area contributed by atoms with Crippen molar-refractivity contribution in [3.05, 3.63) is 29.7 Å². The summed E-state index contributed by atoms with van der Waals surface area (Å²) in [7, 11) is 0. The molecule has 0 aromatic carbocycles. The minimum Gasteiger partial charge on any atom is -0.472 e. The van der Waals surface area contributed by atoms with Crippen LogP contribution in [0.5, 0.6) is 5.88 Å². The molecule has 1 aromatic rings. The molecule has 1 aromatic heterocycles. The summed E-state index contributed by atoms with van der Waals surface area (Å²) < 4.78 is 5.37. The predicted octanol–water partition coefficient (Wildman–Crippen LogP) is 2.13. The molecule has 0 amide bonds. The summed E-state index contributed by atoms with van der Waals surface area (Å²) in [5, 5.41) is 17.8. The molecule has 0 radical (unpaired) electrons. The molecule has 1 rings (SSSR count). The Morgan fingerprint density at radius 1 is 1.28 bits per heavy atom. The van der Waals surface area contributed by atoms with E-state index in [1.807, 2.05) is 12.1 Å². The van der Waals surface area contributed by atoms with Crippen LogP contribution in [0.3, 0.4) is 0 Å². The summed E-state index contributed by atoms with van der Waals surface area (Å²) in [5.74, 6) is 0.318. The van der Waals surface area contributed by atoms with E-state index in [0.717, 1.165) is 12.8 Å². The zero-order chi connectivity index (χ0) is 13.4. The van der Waals surface area contributed by atoms with Gasteiger partial charge in [0.2, 0.25) is 5.88 Å². The molecule has 0 spiro atoms. The molecule has 0 N–H and O–H groups in total. The van der Waals surface area contributed by atoms with Gasteiger partial charge in [-0.3, -0.25) is 0 Å². The van der Waals surface area contributed by atoms with Gasteiger partial charge in [-0.2, -0.15) is 15.5 Å². The molecular weight excluding hydrogens is 228 g/mol. The third kappa shape index (κ3) is 3.29. The van der Waals surface area contributed by atoms with Gasteiger partial charge in [-0.25, -0.2) is 4.98 Å². The largest absolute Gasteiger partial charge is 0.472 e. The molecule has 0 aliphatic rings. The van der Waals surface area contributed by atoms with Crippen molar-refractivity contribution in [2.45, 2.75) is 26.2 Å². The van der Waals surface area contributed by atoms with Crippen LogP contribution in [0.4, 0.5) is 0 Å². The fourth-order valence-corrected chi connectivity index (χ4v) is 1.37. The first-order chi connectivity index (χ1) is 8.76. The molecule has 0 bridgehead atoms. The van der Waals surface area contributed by atoms with Crippen molar-refractivity contribution in [3.63, 3.8) is 0 Å². The molecule has 0 unspecified atom stereocenters. The fraction of sp³-hybridized carbons (Fsp3) is 0.385. The van der Waals surface area contributed by atoms with Crippen LogP contribution in [0, 0.1) is 22.7 Å². The third-order valence-corrected chi connectivity index (χ3v) is 2.25. The predicted molar refractivity (Wildman–Crippen MR) is 65.8 cm³/mol. The summed E-state index contributed by atoms with van der Waals surface area (Å²) in [4.78, 5) is 8.18. The number of rotatable bonds is 6. The van der Waals surface area contributed by atoms with Gasteiger partial charge in [0.15, 0.2) is 11.4 Å². The Hall–Kier alpha value is -2.40. The standard InChI is InChI=1S/C13H14N4O/c1-3-5-6-10-13(18-7-4-2)17-12(9-15)11(8-14)16-10/h4H,2-3,5-7H2,1H3. The van der Waals surface area contributed by atoms with E-state index in [-0.39, 0.29) is 11.4 Å². The summed E-state index contributed by atoms with van der Waals surface area (Å²) >= 11 is 0. The van der Waals surface area contributed by atoms with E-state index in [4.69, 9.17) is 15.3 Å². The van der Waals surface area contributed by atoms with Gasteiger partial charge in [0.1, 0.15) is 24.4 Å². The average Bonchev–Trinajstić information content (AvgIpc) is 2.42. The summed E-state index contributed by atoms with van der Waals surface area (Å²) in [5.41, 5.74) is 0.667. The molecule has 0 aliphatic heterocycles. The van der Waals surface area contributed by atoms with Crippen LogP contribution in [-0.2, 0) is 6.42 Å². The van der Waals surface area contributed by atoms with E-state index in [0.29, 0.717) is 24.6 Å². The van der Waals surface area contributed by atoms with Gasteiger partial charge >= 0.3 is 0 Å². The van der Waals surface area contributed by atoms with E-state index in [9.17, 15) is 0 Å². The zero-order valence-corrected chi connectivity index (χ0v) is 10.3. The quantitative estimate of drug-likeness (QED) is 0.713. The Kier molecular flexibility index (Phi) is 5.34. The highest BCUT2D eigenvalue weighted by atomic mass is 16.5. The topological polar surface area (TPSA) is 82.6 Å². The van der Waals surface area contributed by atoms with E-state index in [1.54, 1.807) is 6.08 Å². The van der Waals surface area contributed by atoms with Crippen molar-refractivity contribution in [1.82, 2.24) is 9.97 Å². The number of nitriles is 2. The van der Waals surface area contributed by atoms with E-state index < -0.39 is 0 Å². The average molecular weight is 242 g/mol. The minimum atomic E-state index is -0.00295. The van der Waals surface area contributed by atoms with Gasteiger partial charge in [-0.15, -0.1) is 0 Å². The lowest BCUT2D eigenvalue weighted by Gasteiger charge is -2.08. The van der Waals surface area contributed by atoms with Crippen molar-refractivity contribution < 1.29 is 4.74 Å². The first kappa shape index (κ1) is 13.7. The number of hydrogen-bond donors (Lipinski definition) is 0. The Bertz CT molecular complexity index is 511. The maximum atomic E-state index is 8.91. The molecule has 0 aliphatic carbocycles. The van der Waals surface area contributed by atoms with Crippen LogP contribution in [-0.4, -0.2) is 16.6 Å². The Morgan fingerprint density at radius 3 is 2.50 bits per heavy atom. The molecule has 5 nitrogen and oxygen atoms in total. The molecule has 5 heteroatoms. The van der Waals surface area contributed by atoms with Gasteiger partial charge in [-0.05, 0) is 12.8 Å². The first-order valence-corrected chi connectivity index (χ1v) is 5.71. The number of hydrogen-bond acceptors (Lipinski definition) is 5. The van der Waals surface area contributed by atoms with Crippen molar-refractivity contribution in [2.24, 2.45) is 0 Å². The molecule has 92 valence electrons. The van der Waals surface area contributed by atoms with Gasteiger partial charge in [-0.1, -0.05) is 26.0 Å². The fourth-order valence-electron chi connectivity index (χ4n) is 1.37. The highest BCUT2D eigenvalue weighted by Crippen LogP contribution is 2.18. The Balaban J connectivity index is 3.15. The highest BCUT2D eigenvalue weighted by molar-refractivity contribution is 5.39. The summed E-state index contributed by atoms with van der Waals surface area (Å²) in [6.07, 6.45) is 4.20. The number of unbranched alkanes of at least 4 members (excludes halogenated alkanes) is 1. The van der Waals surface area contributed by atoms with Gasteiger partial charge in [0, 0.05) is 0 Å². The molecule has 0 saturated heterocycles. The number of aryl methyl sites for hydroxylation is 1. The van der Waals surface area contributed by atoms with Crippen molar-refractivity contribution in [1.29, 1.82) is 10.5 Å². The number of ether oxygens (including phenoxy) is 1. The molecule has 0 atom stereocenters. The lowest BCUT2D eigenvalue weighted by atomic mass is 10.2. The van der Waals surface area contributed by atoms with Crippen LogP contribution in [0.2, 0.25) is 0 Å². The summed E-state index contributed by atoms with van der Waals surface area (Å²) in [6.45, 7) is 5.91. The Labute approximate surface area is 106 Å². The van der Waals surface area contributed by atoms with Gasteiger partial charge in [0.05, 0.1) is 0 Å². The van der Waals surface area contributed by atoms with Crippen LogP contribution >= 0.6 is 0 Å². The van der Waals surface area contributed by atoms with Crippen molar-refractivity contribution in [3.8, 4) is 18.0 Å². The molecule has 1 heterocycles. The number of nitrogens with zero attached hydrogens (tertiary/aromatic N) is 4. The number of aromatic nitrogens is 2. The van der Waals surface area contributed by atoms with Crippen molar-refractivity contribution >= 4 is 0 Å². The highest BCUT2D eigenvalue weighted by Gasteiger charge is 2.14. The van der Waals surface area contributed by atoms with Crippen LogP contribution in [0.25, 0.3) is 0 Å². The minimum absolute atomic E-state index is 0.00295.